The molecule has 1 saturated heterocycles. The molecule has 0 N–H and O–H groups in total. The Kier molecular flexibility index (Phi) is 6.96. The summed E-state index contributed by atoms with van der Waals surface area (Å²) in [6, 6.07) is 0. The van der Waals surface area contributed by atoms with Crippen LogP contribution < -0.4 is 0 Å². The summed E-state index contributed by atoms with van der Waals surface area (Å²) >= 11 is 1.93. The SMILES string of the molecule is CCCCCCC[C@@H]1SCCC[S@@]1=O. The number of unbranched alkanes of at least 4 members (excludes halogenated alkanes) is 4. The van der Waals surface area contributed by atoms with Gasteiger partial charge in [0.2, 0.25) is 0 Å². The summed E-state index contributed by atoms with van der Waals surface area (Å²) in [6.07, 6.45) is 8.99. The number of thioether (sulfide) groups is 1. The van der Waals surface area contributed by atoms with Crippen LogP contribution in [0.25, 0.3) is 0 Å². The van der Waals surface area contributed by atoms with Crippen LogP contribution in [-0.2, 0) is 10.8 Å². The van der Waals surface area contributed by atoms with Gasteiger partial charge >= 0.3 is 0 Å². The van der Waals surface area contributed by atoms with Crippen LogP contribution in [0.2, 0.25) is 0 Å². The van der Waals surface area contributed by atoms with Crippen LogP contribution in [0.4, 0.5) is 0 Å². The van der Waals surface area contributed by atoms with Crippen molar-refractivity contribution in [1.29, 1.82) is 0 Å². The molecule has 1 aliphatic heterocycles. The third-order valence-corrected chi connectivity index (χ3v) is 6.33. The lowest BCUT2D eigenvalue weighted by Gasteiger charge is -2.20. The van der Waals surface area contributed by atoms with E-state index < -0.39 is 10.8 Å². The third kappa shape index (κ3) is 4.83. The summed E-state index contributed by atoms with van der Waals surface area (Å²) in [5, 5.41) is 0. The second-order valence-corrected chi connectivity index (χ2v) is 7.29. The molecular formula is C11H22OS2. The lowest BCUT2D eigenvalue weighted by molar-refractivity contribution is 0.615. The van der Waals surface area contributed by atoms with E-state index in [1.54, 1.807) is 0 Å². The van der Waals surface area contributed by atoms with Crippen LogP contribution in [-0.4, -0.2) is 20.3 Å². The maximum absolute atomic E-state index is 11.6. The minimum absolute atomic E-state index is 0.463. The highest BCUT2D eigenvalue weighted by atomic mass is 32.2. The first kappa shape index (κ1) is 12.6. The zero-order valence-electron chi connectivity index (χ0n) is 9.17. The van der Waals surface area contributed by atoms with E-state index in [2.05, 4.69) is 6.92 Å². The van der Waals surface area contributed by atoms with Gasteiger partial charge in [-0.3, -0.25) is 4.21 Å². The Labute approximate surface area is 94.9 Å². The van der Waals surface area contributed by atoms with Crippen molar-refractivity contribution in [3.8, 4) is 0 Å². The van der Waals surface area contributed by atoms with Gasteiger partial charge in [0.05, 0.1) is 4.58 Å². The minimum atomic E-state index is -0.522. The van der Waals surface area contributed by atoms with Gasteiger partial charge in [0.1, 0.15) is 0 Å². The second-order valence-electron chi connectivity index (χ2n) is 3.94. The standard InChI is InChI=1S/C11H22OS2/c1-2-3-4-5-6-8-11-13-9-7-10-14(11)12/h11H,2-10H2,1H3/t11-,14+/m1/s1. The number of hydrogen-bond acceptors (Lipinski definition) is 2. The molecule has 1 nitrogen and oxygen atoms in total. The predicted molar refractivity (Wildman–Crippen MR) is 67.2 cm³/mol. The van der Waals surface area contributed by atoms with Crippen molar-refractivity contribution in [1.82, 2.24) is 0 Å². The highest BCUT2D eigenvalue weighted by Crippen LogP contribution is 2.26. The summed E-state index contributed by atoms with van der Waals surface area (Å²) in [5.41, 5.74) is 0. The van der Waals surface area contributed by atoms with Crippen molar-refractivity contribution in [2.75, 3.05) is 11.5 Å². The lowest BCUT2D eigenvalue weighted by Crippen LogP contribution is -2.20. The summed E-state index contributed by atoms with van der Waals surface area (Å²) in [4.78, 5) is 0. The molecule has 0 aromatic carbocycles. The monoisotopic (exact) mass is 234 g/mol. The molecule has 2 atom stereocenters. The summed E-state index contributed by atoms with van der Waals surface area (Å²) < 4.78 is 12.1. The van der Waals surface area contributed by atoms with Gasteiger partial charge in [-0.1, -0.05) is 39.0 Å². The molecule has 1 heterocycles. The molecule has 0 amide bonds. The van der Waals surface area contributed by atoms with Gasteiger partial charge in [-0.25, -0.2) is 0 Å². The van der Waals surface area contributed by atoms with Crippen LogP contribution in [0.15, 0.2) is 0 Å². The fraction of sp³-hybridized carbons (Fsp3) is 1.00. The van der Waals surface area contributed by atoms with Crippen molar-refractivity contribution < 1.29 is 4.21 Å². The van der Waals surface area contributed by atoms with E-state index in [1.165, 1.54) is 44.3 Å². The van der Waals surface area contributed by atoms with Gasteiger partial charge in [0.25, 0.3) is 0 Å². The maximum atomic E-state index is 11.6. The molecule has 0 unspecified atom stereocenters. The Morgan fingerprint density at radius 3 is 2.79 bits per heavy atom. The van der Waals surface area contributed by atoms with E-state index in [0.717, 1.165) is 12.2 Å². The topological polar surface area (TPSA) is 17.1 Å². The molecule has 0 aromatic heterocycles. The largest absolute Gasteiger partial charge is 0.258 e. The first-order valence-electron chi connectivity index (χ1n) is 5.83. The summed E-state index contributed by atoms with van der Waals surface area (Å²) in [6.45, 7) is 2.24. The highest BCUT2D eigenvalue weighted by molar-refractivity contribution is 8.11. The minimum Gasteiger partial charge on any atom is -0.258 e. The zero-order chi connectivity index (χ0) is 10.2. The quantitative estimate of drug-likeness (QED) is 0.654. The molecule has 0 aliphatic carbocycles. The van der Waals surface area contributed by atoms with E-state index in [1.807, 2.05) is 11.8 Å². The third-order valence-electron chi connectivity index (χ3n) is 2.63. The van der Waals surface area contributed by atoms with Gasteiger partial charge in [-0.2, -0.15) is 0 Å². The molecule has 0 spiro atoms. The van der Waals surface area contributed by atoms with E-state index in [9.17, 15) is 4.21 Å². The molecule has 0 bridgehead atoms. The van der Waals surface area contributed by atoms with Crippen molar-refractivity contribution in [3.63, 3.8) is 0 Å². The van der Waals surface area contributed by atoms with Gasteiger partial charge in [-0.15, -0.1) is 11.8 Å². The fourth-order valence-corrected chi connectivity index (χ4v) is 5.15. The Morgan fingerprint density at radius 2 is 2.07 bits per heavy atom. The van der Waals surface area contributed by atoms with Crippen LogP contribution in [0, 0.1) is 0 Å². The average molecular weight is 234 g/mol. The lowest BCUT2D eigenvalue weighted by atomic mass is 10.1. The smallest absolute Gasteiger partial charge is 0.0801 e. The predicted octanol–water partition coefficient (Wildman–Crippen LogP) is 3.56. The Balaban J connectivity index is 2.02. The first-order valence-corrected chi connectivity index (χ1v) is 8.26. The number of rotatable bonds is 6. The van der Waals surface area contributed by atoms with Crippen LogP contribution in [0.5, 0.6) is 0 Å². The maximum Gasteiger partial charge on any atom is 0.0801 e. The molecule has 0 saturated carbocycles. The van der Waals surface area contributed by atoms with Crippen molar-refractivity contribution in [2.45, 2.75) is 56.5 Å². The van der Waals surface area contributed by atoms with Crippen molar-refractivity contribution in [3.05, 3.63) is 0 Å². The second kappa shape index (κ2) is 7.75. The highest BCUT2D eigenvalue weighted by Gasteiger charge is 2.20. The Morgan fingerprint density at radius 1 is 1.29 bits per heavy atom. The van der Waals surface area contributed by atoms with Crippen molar-refractivity contribution >= 4 is 22.6 Å². The van der Waals surface area contributed by atoms with E-state index in [0.29, 0.717) is 4.58 Å². The normalized spacial score (nSPS) is 27.8. The van der Waals surface area contributed by atoms with E-state index in [-0.39, 0.29) is 0 Å². The Bertz CT molecular complexity index is 171. The summed E-state index contributed by atoms with van der Waals surface area (Å²) in [5.74, 6) is 2.18. The van der Waals surface area contributed by atoms with Crippen LogP contribution in [0.1, 0.15) is 51.9 Å². The Hall–Kier alpha value is 0.500. The molecule has 84 valence electrons. The van der Waals surface area contributed by atoms with Gasteiger partial charge in [0, 0.05) is 16.6 Å². The molecular weight excluding hydrogens is 212 g/mol. The summed E-state index contributed by atoms with van der Waals surface area (Å²) in [7, 11) is -0.522. The van der Waals surface area contributed by atoms with Crippen LogP contribution >= 0.6 is 11.8 Å². The van der Waals surface area contributed by atoms with Gasteiger partial charge in [0.15, 0.2) is 0 Å². The molecule has 0 aromatic rings. The number of hydrogen-bond donors (Lipinski definition) is 0. The van der Waals surface area contributed by atoms with E-state index in [4.69, 9.17) is 0 Å². The van der Waals surface area contributed by atoms with Gasteiger partial charge < -0.3 is 0 Å². The fourth-order valence-electron chi connectivity index (χ4n) is 1.75. The molecule has 14 heavy (non-hydrogen) atoms. The molecule has 1 fully saturated rings. The molecule has 3 heteroatoms. The van der Waals surface area contributed by atoms with E-state index >= 15 is 0 Å². The zero-order valence-corrected chi connectivity index (χ0v) is 10.8. The van der Waals surface area contributed by atoms with Crippen molar-refractivity contribution in [2.24, 2.45) is 0 Å². The van der Waals surface area contributed by atoms with Crippen LogP contribution in [0.3, 0.4) is 0 Å². The average Bonchev–Trinajstić information content (AvgIpc) is 2.20. The molecule has 0 radical (unpaired) electrons. The van der Waals surface area contributed by atoms with Gasteiger partial charge in [-0.05, 0) is 18.6 Å². The molecule has 1 rings (SSSR count). The molecule has 1 aliphatic rings. The first-order chi connectivity index (χ1) is 6.84.